The number of aromatic amines is 2. The summed E-state index contributed by atoms with van der Waals surface area (Å²) in [6.45, 7) is 3.79. The molecule has 1 aromatic carbocycles. The first kappa shape index (κ1) is 14.3. The van der Waals surface area contributed by atoms with Crippen molar-refractivity contribution in [2.45, 2.75) is 13.8 Å². The Morgan fingerprint density at radius 3 is 2.55 bits per heavy atom. The molecule has 0 spiro atoms. The summed E-state index contributed by atoms with van der Waals surface area (Å²) in [5.74, 6) is -0.588. The number of anilines is 1. The smallest absolute Gasteiger partial charge is 0.320 e. The van der Waals surface area contributed by atoms with Gasteiger partial charge in [0.1, 0.15) is 5.56 Å². The maximum absolute atomic E-state index is 12.1. The minimum Gasteiger partial charge on any atom is -0.320 e. The van der Waals surface area contributed by atoms with Gasteiger partial charge >= 0.3 is 5.69 Å². The van der Waals surface area contributed by atoms with E-state index >= 15 is 0 Å². The monoisotopic (exact) mass is 337 g/mol. The summed E-state index contributed by atoms with van der Waals surface area (Å²) in [6.07, 6.45) is 1.09. The van der Waals surface area contributed by atoms with Crippen molar-refractivity contribution >= 4 is 27.5 Å². The highest BCUT2D eigenvalue weighted by Crippen LogP contribution is 2.27. The molecule has 0 saturated carbocycles. The van der Waals surface area contributed by atoms with Gasteiger partial charge in [-0.05, 0) is 47.0 Å². The van der Waals surface area contributed by atoms with Gasteiger partial charge < -0.3 is 10.3 Å². The minimum absolute atomic E-state index is 0.156. The van der Waals surface area contributed by atoms with Crippen LogP contribution >= 0.6 is 15.9 Å². The number of hydrogen-bond acceptors (Lipinski definition) is 3. The van der Waals surface area contributed by atoms with Gasteiger partial charge in [0.05, 0.1) is 5.69 Å². The number of rotatable bonds is 2. The SMILES string of the molecule is Cc1cc(C)c(NC(=O)c2c[nH]c(=O)[nH]c2=O)c(Br)c1. The fourth-order valence-electron chi connectivity index (χ4n) is 1.83. The molecule has 3 N–H and O–H groups in total. The first-order valence-corrected chi connectivity index (χ1v) is 6.58. The first-order chi connectivity index (χ1) is 9.38. The Morgan fingerprint density at radius 1 is 1.25 bits per heavy atom. The van der Waals surface area contributed by atoms with Crippen LogP contribution in [0.1, 0.15) is 21.5 Å². The third-order valence-electron chi connectivity index (χ3n) is 2.73. The summed E-state index contributed by atoms with van der Waals surface area (Å²) < 4.78 is 0.726. The Balaban J connectivity index is 2.38. The molecular formula is C13H12BrN3O3. The van der Waals surface area contributed by atoms with Gasteiger partial charge in [-0.2, -0.15) is 0 Å². The van der Waals surface area contributed by atoms with E-state index in [0.29, 0.717) is 5.69 Å². The van der Waals surface area contributed by atoms with E-state index in [4.69, 9.17) is 0 Å². The van der Waals surface area contributed by atoms with Gasteiger partial charge in [-0.3, -0.25) is 14.6 Å². The van der Waals surface area contributed by atoms with Gasteiger partial charge in [-0.1, -0.05) is 6.07 Å². The molecule has 0 aliphatic heterocycles. The van der Waals surface area contributed by atoms with E-state index in [1.807, 2.05) is 31.0 Å². The number of nitrogens with one attached hydrogen (secondary N) is 3. The van der Waals surface area contributed by atoms with Crippen LogP contribution in [0, 0.1) is 13.8 Å². The third-order valence-corrected chi connectivity index (χ3v) is 3.36. The summed E-state index contributed by atoms with van der Waals surface area (Å²) in [6, 6.07) is 3.77. The van der Waals surface area contributed by atoms with Crippen LogP contribution < -0.4 is 16.6 Å². The molecular weight excluding hydrogens is 326 g/mol. The van der Waals surface area contributed by atoms with E-state index in [1.54, 1.807) is 0 Å². The molecule has 0 aliphatic carbocycles. The molecule has 1 aromatic heterocycles. The molecule has 0 radical (unpaired) electrons. The van der Waals surface area contributed by atoms with E-state index in [1.165, 1.54) is 0 Å². The molecule has 0 saturated heterocycles. The van der Waals surface area contributed by atoms with Crippen molar-refractivity contribution in [2.24, 2.45) is 0 Å². The quantitative estimate of drug-likeness (QED) is 0.778. The number of halogens is 1. The van der Waals surface area contributed by atoms with Crippen molar-refractivity contribution in [3.8, 4) is 0 Å². The summed E-state index contributed by atoms with van der Waals surface area (Å²) >= 11 is 3.37. The Morgan fingerprint density at radius 2 is 1.95 bits per heavy atom. The van der Waals surface area contributed by atoms with Crippen molar-refractivity contribution in [1.82, 2.24) is 9.97 Å². The number of aromatic nitrogens is 2. The molecule has 0 aliphatic rings. The zero-order valence-electron chi connectivity index (χ0n) is 10.8. The summed E-state index contributed by atoms with van der Waals surface area (Å²) in [5.41, 5.74) is 0.967. The van der Waals surface area contributed by atoms with Crippen molar-refractivity contribution in [1.29, 1.82) is 0 Å². The number of benzene rings is 1. The molecule has 6 nitrogen and oxygen atoms in total. The van der Waals surface area contributed by atoms with E-state index in [2.05, 4.69) is 26.2 Å². The van der Waals surface area contributed by atoms with Crippen LogP contribution in [-0.2, 0) is 0 Å². The predicted octanol–water partition coefficient (Wildman–Crippen LogP) is 1.69. The molecule has 2 rings (SSSR count). The van der Waals surface area contributed by atoms with E-state index in [-0.39, 0.29) is 5.56 Å². The highest BCUT2D eigenvalue weighted by Gasteiger charge is 2.14. The molecule has 0 unspecified atom stereocenters. The lowest BCUT2D eigenvalue weighted by Gasteiger charge is -2.11. The van der Waals surface area contributed by atoms with Crippen molar-refractivity contribution < 1.29 is 4.79 Å². The maximum atomic E-state index is 12.1. The van der Waals surface area contributed by atoms with Gasteiger partial charge in [-0.25, -0.2) is 4.79 Å². The summed E-state index contributed by atoms with van der Waals surface area (Å²) in [7, 11) is 0. The van der Waals surface area contributed by atoms with Crippen LogP contribution in [0.25, 0.3) is 0 Å². The molecule has 20 heavy (non-hydrogen) atoms. The van der Waals surface area contributed by atoms with Gasteiger partial charge in [0.25, 0.3) is 11.5 Å². The lowest BCUT2D eigenvalue weighted by Crippen LogP contribution is -2.29. The van der Waals surface area contributed by atoms with Gasteiger partial charge in [0, 0.05) is 10.7 Å². The fraction of sp³-hybridized carbons (Fsp3) is 0.154. The number of carbonyl (C=O) groups is 1. The topological polar surface area (TPSA) is 94.8 Å². The minimum atomic E-state index is -0.730. The van der Waals surface area contributed by atoms with Gasteiger partial charge in [0.15, 0.2) is 0 Å². The lowest BCUT2D eigenvalue weighted by atomic mass is 10.1. The number of carbonyl (C=O) groups excluding carboxylic acids is 1. The molecule has 0 atom stereocenters. The van der Waals surface area contributed by atoms with Crippen LogP contribution in [0.15, 0.2) is 32.4 Å². The van der Waals surface area contributed by atoms with Crippen LogP contribution in [0.2, 0.25) is 0 Å². The van der Waals surface area contributed by atoms with Gasteiger partial charge in [0.2, 0.25) is 0 Å². The highest BCUT2D eigenvalue weighted by atomic mass is 79.9. The molecule has 104 valence electrons. The largest absolute Gasteiger partial charge is 0.325 e. The van der Waals surface area contributed by atoms with E-state index in [0.717, 1.165) is 21.8 Å². The standard InChI is InChI=1S/C13H12BrN3O3/c1-6-3-7(2)10(9(14)4-6)16-11(18)8-5-15-13(20)17-12(8)19/h3-5H,1-2H3,(H,16,18)(H2,15,17,19,20). The van der Waals surface area contributed by atoms with Crippen LogP contribution in [0.4, 0.5) is 5.69 Å². The fourth-order valence-corrected chi connectivity index (χ4v) is 2.61. The third kappa shape index (κ3) is 2.88. The molecule has 0 fully saturated rings. The maximum Gasteiger partial charge on any atom is 0.325 e. The van der Waals surface area contributed by atoms with Crippen molar-refractivity contribution in [3.63, 3.8) is 0 Å². The zero-order valence-corrected chi connectivity index (χ0v) is 12.4. The Labute approximate surface area is 122 Å². The van der Waals surface area contributed by atoms with Crippen LogP contribution in [0.5, 0.6) is 0 Å². The summed E-state index contributed by atoms with van der Waals surface area (Å²) in [4.78, 5) is 38.8. The molecule has 0 bridgehead atoms. The van der Waals surface area contributed by atoms with Crippen LogP contribution in [0.3, 0.4) is 0 Å². The van der Waals surface area contributed by atoms with Crippen molar-refractivity contribution in [2.75, 3.05) is 5.32 Å². The zero-order chi connectivity index (χ0) is 14.9. The predicted molar refractivity (Wildman–Crippen MR) is 79.3 cm³/mol. The average molecular weight is 338 g/mol. The summed E-state index contributed by atoms with van der Waals surface area (Å²) in [5, 5.41) is 2.65. The normalized spacial score (nSPS) is 10.3. The highest BCUT2D eigenvalue weighted by molar-refractivity contribution is 9.10. The Hall–Kier alpha value is -2.15. The molecule has 1 amide bonds. The average Bonchev–Trinajstić information content (AvgIpc) is 2.33. The second-order valence-corrected chi connectivity index (χ2v) is 5.23. The van der Waals surface area contributed by atoms with Gasteiger partial charge in [-0.15, -0.1) is 0 Å². The molecule has 2 aromatic rings. The van der Waals surface area contributed by atoms with E-state index in [9.17, 15) is 14.4 Å². The lowest BCUT2D eigenvalue weighted by molar-refractivity contribution is 0.102. The number of hydrogen-bond donors (Lipinski definition) is 3. The number of H-pyrrole nitrogens is 2. The second-order valence-electron chi connectivity index (χ2n) is 4.38. The molecule has 1 heterocycles. The number of aryl methyl sites for hydroxylation is 2. The Kier molecular flexibility index (Phi) is 3.89. The molecule has 7 heteroatoms. The van der Waals surface area contributed by atoms with Crippen LogP contribution in [-0.4, -0.2) is 15.9 Å². The first-order valence-electron chi connectivity index (χ1n) is 5.78. The Bertz CT molecular complexity index is 769. The second kappa shape index (κ2) is 5.46. The van der Waals surface area contributed by atoms with Crippen molar-refractivity contribution in [3.05, 3.63) is 60.3 Å². The van der Waals surface area contributed by atoms with E-state index < -0.39 is 17.2 Å². The number of amides is 1.